The minimum absolute atomic E-state index is 0.164. The fourth-order valence-electron chi connectivity index (χ4n) is 1.93. The van der Waals surface area contributed by atoms with Crippen molar-refractivity contribution in [3.05, 3.63) is 0 Å². The van der Waals surface area contributed by atoms with Crippen molar-refractivity contribution in [3.63, 3.8) is 0 Å². The van der Waals surface area contributed by atoms with Gasteiger partial charge in [-0.15, -0.1) is 0 Å². The molecular formula is C10H20O2. The van der Waals surface area contributed by atoms with Crippen molar-refractivity contribution in [1.29, 1.82) is 0 Å². The van der Waals surface area contributed by atoms with Crippen molar-refractivity contribution in [2.75, 3.05) is 0 Å². The highest BCUT2D eigenvalue weighted by molar-refractivity contribution is 5.75. The summed E-state index contributed by atoms with van der Waals surface area (Å²) in [5, 5.41) is 9.16. The van der Waals surface area contributed by atoms with Gasteiger partial charge < -0.3 is 5.11 Å². The quantitative estimate of drug-likeness (QED) is 0.710. The van der Waals surface area contributed by atoms with E-state index in [9.17, 15) is 4.79 Å². The van der Waals surface area contributed by atoms with Crippen LogP contribution in [0.3, 0.4) is 0 Å². The summed E-state index contributed by atoms with van der Waals surface area (Å²) in [5.74, 6) is -0.667. The van der Waals surface area contributed by atoms with Crippen LogP contribution in [0.5, 0.6) is 0 Å². The standard InChI is InChI=1S/C10H20O2/c1-6-10(7-2,8(11)12)9(3,4)5/h6-7H2,1-5H3,(H,11,12). The first-order valence-corrected chi connectivity index (χ1v) is 4.55. The molecule has 0 heterocycles. The van der Waals surface area contributed by atoms with E-state index in [2.05, 4.69) is 0 Å². The zero-order valence-electron chi connectivity index (χ0n) is 8.77. The third-order valence-electron chi connectivity index (χ3n) is 3.05. The second kappa shape index (κ2) is 3.46. The van der Waals surface area contributed by atoms with Crippen LogP contribution in [-0.2, 0) is 4.79 Å². The summed E-state index contributed by atoms with van der Waals surface area (Å²) < 4.78 is 0. The van der Waals surface area contributed by atoms with E-state index >= 15 is 0 Å². The maximum Gasteiger partial charge on any atom is 0.310 e. The highest BCUT2D eigenvalue weighted by Gasteiger charge is 2.45. The largest absolute Gasteiger partial charge is 0.481 e. The lowest BCUT2D eigenvalue weighted by molar-refractivity contribution is -0.157. The van der Waals surface area contributed by atoms with E-state index in [1.807, 2.05) is 34.6 Å². The Morgan fingerprint density at radius 1 is 1.17 bits per heavy atom. The van der Waals surface area contributed by atoms with Crippen molar-refractivity contribution < 1.29 is 9.90 Å². The molecule has 1 N–H and O–H groups in total. The fourth-order valence-corrected chi connectivity index (χ4v) is 1.93. The van der Waals surface area contributed by atoms with Crippen LogP contribution in [-0.4, -0.2) is 11.1 Å². The van der Waals surface area contributed by atoms with Crippen molar-refractivity contribution in [1.82, 2.24) is 0 Å². The van der Waals surface area contributed by atoms with E-state index in [-0.39, 0.29) is 5.41 Å². The lowest BCUT2D eigenvalue weighted by atomic mass is 9.63. The molecule has 2 nitrogen and oxygen atoms in total. The Morgan fingerprint density at radius 2 is 1.50 bits per heavy atom. The van der Waals surface area contributed by atoms with Crippen LogP contribution in [0.25, 0.3) is 0 Å². The Hall–Kier alpha value is -0.530. The summed E-state index contributed by atoms with van der Waals surface area (Å²) in [6, 6.07) is 0. The molecule has 0 saturated carbocycles. The Labute approximate surface area is 75.0 Å². The van der Waals surface area contributed by atoms with Gasteiger partial charge in [-0.25, -0.2) is 0 Å². The van der Waals surface area contributed by atoms with E-state index in [1.54, 1.807) is 0 Å². The van der Waals surface area contributed by atoms with Gasteiger partial charge in [-0.3, -0.25) is 4.79 Å². The van der Waals surface area contributed by atoms with E-state index in [1.165, 1.54) is 0 Å². The average Bonchev–Trinajstić information content (AvgIpc) is 1.87. The molecule has 2 heteroatoms. The monoisotopic (exact) mass is 172 g/mol. The smallest absolute Gasteiger partial charge is 0.310 e. The molecular weight excluding hydrogens is 152 g/mol. The SMILES string of the molecule is CCC(CC)(C(=O)O)C(C)(C)C. The Balaban J connectivity index is 4.97. The van der Waals surface area contributed by atoms with E-state index in [0.29, 0.717) is 12.8 Å². The third-order valence-corrected chi connectivity index (χ3v) is 3.05. The highest BCUT2D eigenvalue weighted by Crippen LogP contribution is 2.44. The van der Waals surface area contributed by atoms with Gasteiger partial charge in [-0.05, 0) is 18.3 Å². The third kappa shape index (κ3) is 1.62. The van der Waals surface area contributed by atoms with Crippen LogP contribution in [0.15, 0.2) is 0 Å². The molecule has 0 amide bonds. The number of carboxylic acid groups (broad SMARTS) is 1. The maximum atomic E-state index is 11.1. The summed E-state index contributed by atoms with van der Waals surface area (Å²) in [7, 11) is 0. The van der Waals surface area contributed by atoms with Crippen LogP contribution in [0.2, 0.25) is 0 Å². The summed E-state index contributed by atoms with van der Waals surface area (Å²) in [6.45, 7) is 9.88. The maximum absolute atomic E-state index is 11.1. The summed E-state index contributed by atoms with van der Waals surface area (Å²) in [6.07, 6.45) is 1.39. The van der Waals surface area contributed by atoms with Gasteiger partial charge >= 0.3 is 5.97 Å². The number of aliphatic carboxylic acids is 1. The van der Waals surface area contributed by atoms with Crippen molar-refractivity contribution in [2.45, 2.75) is 47.5 Å². The molecule has 0 aliphatic rings. The Bertz CT molecular complexity index is 161. The number of hydrogen-bond acceptors (Lipinski definition) is 1. The van der Waals surface area contributed by atoms with Gasteiger partial charge in [0.05, 0.1) is 5.41 Å². The van der Waals surface area contributed by atoms with Gasteiger partial charge in [0, 0.05) is 0 Å². The molecule has 0 aromatic heterocycles. The molecule has 0 atom stereocenters. The lowest BCUT2D eigenvalue weighted by Crippen LogP contribution is -2.41. The second-order valence-corrected chi connectivity index (χ2v) is 4.34. The van der Waals surface area contributed by atoms with Gasteiger partial charge in [-0.2, -0.15) is 0 Å². The van der Waals surface area contributed by atoms with Crippen LogP contribution in [0, 0.1) is 10.8 Å². The van der Waals surface area contributed by atoms with Crippen molar-refractivity contribution in [2.24, 2.45) is 10.8 Å². The van der Waals surface area contributed by atoms with Gasteiger partial charge in [0.15, 0.2) is 0 Å². The molecule has 0 aliphatic carbocycles. The van der Waals surface area contributed by atoms with E-state index in [4.69, 9.17) is 5.11 Å². The molecule has 0 fully saturated rings. The fraction of sp³-hybridized carbons (Fsp3) is 0.900. The number of carboxylic acids is 1. The molecule has 12 heavy (non-hydrogen) atoms. The van der Waals surface area contributed by atoms with E-state index < -0.39 is 11.4 Å². The van der Waals surface area contributed by atoms with Gasteiger partial charge in [0.25, 0.3) is 0 Å². The molecule has 0 radical (unpaired) electrons. The Morgan fingerprint density at radius 3 is 1.50 bits per heavy atom. The topological polar surface area (TPSA) is 37.3 Å². The van der Waals surface area contributed by atoms with Gasteiger partial charge in [0.2, 0.25) is 0 Å². The first-order valence-electron chi connectivity index (χ1n) is 4.55. The molecule has 0 aromatic rings. The first-order chi connectivity index (χ1) is 5.31. The second-order valence-electron chi connectivity index (χ2n) is 4.34. The zero-order valence-corrected chi connectivity index (χ0v) is 8.77. The van der Waals surface area contributed by atoms with Crippen LogP contribution in [0.1, 0.15) is 47.5 Å². The summed E-state index contributed by atoms with van der Waals surface area (Å²) >= 11 is 0. The Kier molecular flexibility index (Phi) is 3.31. The summed E-state index contributed by atoms with van der Waals surface area (Å²) in [5.41, 5.74) is -0.727. The minimum atomic E-state index is -0.667. The number of rotatable bonds is 3. The molecule has 0 bridgehead atoms. The van der Waals surface area contributed by atoms with Crippen molar-refractivity contribution in [3.8, 4) is 0 Å². The predicted octanol–water partition coefficient (Wildman–Crippen LogP) is 2.92. The van der Waals surface area contributed by atoms with Crippen LogP contribution < -0.4 is 0 Å². The normalized spacial score (nSPS) is 13.1. The molecule has 0 aliphatic heterocycles. The molecule has 0 spiro atoms. The van der Waals surface area contributed by atoms with E-state index in [0.717, 1.165) is 0 Å². The predicted molar refractivity (Wildman–Crippen MR) is 50.1 cm³/mol. The average molecular weight is 172 g/mol. The van der Waals surface area contributed by atoms with Crippen LogP contribution in [0.4, 0.5) is 0 Å². The van der Waals surface area contributed by atoms with Crippen molar-refractivity contribution >= 4 is 5.97 Å². The first kappa shape index (κ1) is 11.5. The lowest BCUT2D eigenvalue weighted by Gasteiger charge is -2.39. The molecule has 0 saturated heterocycles. The minimum Gasteiger partial charge on any atom is -0.481 e. The molecule has 0 unspecified atom stereocenters. The number of hydrogen-bond donors (Lipinski definition) is 1. The summed E-state index contributed by atoms with van der Waals surface area (Å²) in [4.78, 5) is 11.1. The molecule has 0 rings (SSSR count). The number of carbonyl (C=O) groups is 1. The zero-order chi connectivity index (χ0) is 9.99. The van der Waals surface area contributed by atoms with Gasteiger partial charge in [-0.1, -0.05) is 34.6 Å². The highest BCUT2D eigenvalue weighted by atomic mass is 16.4. The van der Waals surface area contributed by atoms with Crippen LogP contribution >= 0.6 is 0 Å². The molecule has 72 valence electrons. The van der Waals surface area contributed by atoms with Gasteiger partial charge in [0.1, 0.15) is 0 Å². The molecule has 0 aromatic carbocycles.